The molecule has 0 N–H and O–H groups in total. The van der Waals surface area contributed by atoms with Crippen molar-refractivity contribution in [3.05, 3.63) is 22.3 Å². The molecule has 0 radical (unpaired) electrons. The van der Waals surface area contributed by atoms with Crippen LogP contribution in [0.1, 0.15) is 26.3 Å². The number of pyridine rings is 1. The normalized spacial score (nSPS) is 12.9. The molecule has 0 aliphatic rings. The molecule has 0 aliphatic carbocycles. The van der Waals surface area contributed by atoms with Gasteiger partial charge in [-0.1, -0.05) is 0 Å². The largest absolute Gasteiger partial charge is 0.481 e. The molecule has 7 heteroatoms. The fourth-order valence-corrected chi connectivity index (χ4v) is 1.90. The molecule has 1 heterocycles. The first-order valence-corrected chi connectivity index (χ1v) is 7.41. The molecular formula is C11H15BrN2O3S. The maximum atomic E-state index is 11.8. The summed E-state index contributed by atoms with van der Waals surface area (Å²) >= 11 is 3.23. The highest BCUT2D eigenvalue weighted by atomic mass is 79.9. The molecule has 0 amide bonds. The highest BCUT2D eigenvalue weighted by Gasteiger charge is 2.27. The van der Waals surface area contributed by atoms with Crippen LogP contribution in [0, 0.1) is 0 Å². The second-order valence-electron chi connectivity index (χ2n) is 4.56. The topological polar surface area (TPSA) is 68.6 Å². The molecule has 0 aliphatic heterocycles. The molecule has 1 aromatic heterocycles. The van der Waals surface area contributed by atoms with E-state index in [4.69, 9.17) is 4.74 Å². The summed E-state index contributed by atoms with van der Waals surface area (Å²) in [4.78, 5) is 4.06. The Hall–Kier alpha value is -0.950. The van der Waals surface area contributed by atoms with Crippen molar-refractivity contribution >= 4 is 32.2 Å². The van der Waals surface area contributed by atoms with Gasteiger partial charge in [0.1, 0.15) is 4.60 Å². The zero-order valence-electron chi connectivity index (χ0n) is 10.6. The van der Waals surface area contributed by atoms with Gasteiger partial charge in [0.25, 0.3) is 10.0 Å². The van der Waals surface area contributed by atoms with Crippen molar-refractivity contribution in [2.24, 2.45) is 4.40 Å². The number of ether oxygens (including phenoxy) is 1. The van der Waals surface area contributed by atoms with E-state index in [9.17, 15) is 8.42 Å². The van der Waals surface area contributed by atoms with Crippen LogP contribution in [0.15, 0.2) is 21.1 Å². The van der Waals surface area contributed by atoms with Crippen LogP contribution in [0.3, 0.4) is 0 Å². The highest BCUT2D eigenvalue weighted by molar-refractivity contribution is 9.10. The predicted octanol–water partition coefficient (Wildman–Crippen LogP) is 2.40. The van der Waals surface area contributed by atoms with E-state index < -0.39 is 14.8 Å². The van der Waals surface area contributed by atoms with Gasteiger partial charge in [-0.05, 0) is 42.8 Å². The number of halogens is 1. The molecule has 0 spiro atoms. The minimum absolute atomic E-state index is 0.442. The Balaban J connectivity index is 3.06. The van der Waals surface area contributed by atoms with Crippen LogP contribution in [-0.2, 0) is 10.0 Å². The quantitative estimate of drug-likeness (QED) is 0.628. The lowest BCUT2D eigenvalue weighted by molar-refractivity contribution is 0.397. The predicted molar refractivity (Wildman–Crippen MR) is 74.8 cm³/mol. The van der Waals surface area contributed by atoms with Gasteiger partial charge in [-0.2, -0.15) is 4.40 Å². The standard InChI is InChI=1S/C11H15BrN2O3S/c1-11(2,3)18(15,16)13-7-8-5-6-9(17-4)14-10(8)12/h5-7H,1-4H3. The Kier molecular flexibility index (Phi) is 4.50. The summed E-state index contributed by atoms with van der Waals surface area (Å²) in [7, 11) is -2.03. The second-order valence-corrected chi connectivity index (χ2v) is 7.69. The summed E-state index contributed by atoms with van der Waals surface area (Å²) < 4.78 is 31.8. The molecule has 100 valence electrons. The van der Waals surface area contributed by atoms with E-state index in [-0.39, 0.29) is 0 Å². The third-order valence-corrected chi connectivity index (χ3v) is 4.73. The Morgan fingerprint density at radius 3 is 2.44 bits per heavy atom. The fourth-order valence-electron chi connectivity index (χ4n) is 0.923. The minimum atomic E-state index is -3.54. The SMILES string of the molecule is COc1ccc(C=NS(=O)(=O)C(C)(C)C)c(Br)n1. The first kappa shape index (κ1) is 15.1. The first-order chi connectivity index (χ1) is 8.17. The third kappa shape index (κ3) is 3.52. The lowest BCUT2D eigenvalue weighted by Gasteiger charge is -2.14. The second kappa shape index (κ2) is 5.36. The van der Waals surface area contributed by atoms with Crippen LogP contribution in [0.5, 0.6) is 5.88 Å². The molecule has 0 bridgehead atoms. The van der Waals surface area contributed by atoms with E-state index in [0.29, 0.717) is 16.0 Å². The van der Waals surface area contributed by atoms with Crippen LogP contribution < -0.4 is 4.74 Å². The summed E-state index contributed by atoms with van der Waals surface area (Å²) in [6.45, 7) is 4.79. The van der Waals surface area contributed by atoms with Crippen LogP contribution in [0.25, 0.3) is 0 Å². The number of sulfonamides is 1. The molecule has 0 atom stereocenters. The van der Waals surface area contributed by atoms with Crippen molar-refractivity contribution in [3.63, 3.8) is 0 Å². The molecule has 18 heavy (non-hydrogen) atoms. The maximum absolute atomic E-state index is 11.8. The minimum Gasteiger partial charge on any atom is -0.481 e. The highest BCUT2D eigenvalue weighted by Crippen LogP contribution is 2.19. The van der Waals surface area contributed by atoms with Crippen LogP contribution in [-0.4, -0.2) is 31.5 Å². The monoisotopic (exact) mass is 334 g/mol. The van der Waals surface area contributed by atoms with Crippen LogP contribution in [0.4, 0.5) is 0 Å². The Labute approximate surface area is 115 Å². The third-order valence-electron chi connectivity index (χ3n) is 2.17. The summed E-state index contributed by atoms with van der Waals surface area (Å²) in [5.41, 5.74) is 0.573. The summed E-state index contributed by atoms with van der Waals surface area (Å²) in [5.74, 6) is 0.442. The number of methoxy groups -OCH3 is 1. The molecule has 0 fully saturated rings. The van der Waals surface area contributed by atoms with Crippen molar-refractivity contribution < 1.29 is 13.2 Å². The van der Waals surface area contributed by atoms with Crippen molar-refractivity contribution in [1.29, 1.82) is 0 Å². The van der Waals surface area contributed by atoms with Gasteiger partial charge in [0.15, 0.2) is 0 Å². The lowest BCUT2D eigenvalue weighted by atomic mass is 10.3. The van der Waals surface area contributed by atoms with Gasteiger partial charge in [0, 0.05) is 11.6 Å². The van der Waals surface area contributed by atoms with E-state index >= 15 is 0 Å². The maximum Gasteiger partial charge on any atom is 0.258 e. The molecule has 1 rings (SSSR count). The molecule has 0 saturated carbocycles. The Bertz CT molecular complexity index is 562. The fraction of sp³-hybridized carbons (Fsp3) is 0.455. The van der Waals surface area contributed by atoms with E-state index in [0.717, 1.165) is 0 Å². The Morgan fingerprint density at radius 1 is 1.39 bits per heavy atom. The molecule has 5 nitrogen and oxygen atoms in total. The average Bonchev–Trinajstić information content (AvgIpc) is 2.25. The van der Waals surface area contributed by atoms with Gasteiger partial charge in [0.2, 0.25) is 5.88 Å². The summed E-state index contributed by atoms with van der Waals surface area (Å²) in [6.07, 6.45) is 1.27. The number of rotatable bonds is 3. The van der Waals surface area contributed by atoms with Crippen LogP contribution in [0.2, 0.25) is 0 Å². The van der Waals surface area contributed by atoms with Gasteiger partial charge < -0.3 is 4.74 Å². The molecule has 0 saturated heterocycles. The molecule has 0 aromatic carbocycles. The van der Waals surface area contributed by atoms with Crippen molar-refractivity contribution in [2.45, 2.75) is 25.5 Å². The zero-order valence-corrected chi connectivity index (χ0v) is 13.0. The number of hydrogen-bond acceptors (Lipinski definition) is 4. The van der Waals surface area contributed by atoms with E-state index in [2.05, 4.69) is 25.3 Å². The first-order valence-electron chi connectivity index (χ1n) is 5.18. The lowest BCUT2D eigenvalue weighted by Crippen LogP contribution is -2.25. The number of hydrogen-bond donors (Lipinski definition) is 0. The number of aromatic nitrogens is 1. The Morgan fingerprint density at radius 2 is 2.00 bits per heavy atom. The molecule has 0 unspecified atom stereocenters. The van der Waals surface area contributed by atoms with Crippen molar-refractivity contribution in [3.8, 4) is 5.88 Å². The van der Waals surface area contributed by atoms with E-state index in [1.54, 1.807) is 32.9 Å². The average molecular weight is 335 g/mol. The van der Waals surface area contributed by atoms with E-state index in [1.807, 2.05) is 0 Å². The van der Waals surface area contributed by atoms with Crippen LogP contribution >= 0.6 is 15.9 Å². The van der Waals surface area contributed by atoms with Crippen molar-refractivity contribution in [1.82, 2.24) is 4.98 Å². The smallest absolute Gasteiger partial charge is 0.258 e. The molecule has 1 aromatic rings. The summed E-state index contributed by atoms with van der Waals surface area (Å²) in [6, 6.07) is 3.31. The zero-order chi connectivity index (χ0) is 14.0. The summed E-state index contributed by atoms with van der Waals surface area (Å²) in [5, 5.41) is 0. The van der Waals surface area contributed by atoms with Gasteiger partial charge >= 0.3 is 0 Å². The van der Waals surface area contributed by atoms with E-state index in [1.165, 1.54) is 13.3 Å². The number of nitrogens with zero attached hydrogens (tertiary/aromatic N) is 2. The van der Waals surface area contributed by atoms with Crippen molar-refractivity contribution in [2.75, 3.05) is 7.11 Å². The van der Waals surface area contributed by atoms with Gasteiger partial charge in [0.05, 0.1) is 18.1 Å². The van der Waals surface area contributed by atoms with Gasteiger partial charge in [-0.15, -0.1) is 0 Å². The molecular weight excluding hydrogens is 320 g/mol. The van der Waals surface area contributed by atoms with Gasteiger partial charge in [-0.3, -0.25) is 0 Å². The van der Waals surface area contributed by atoms with Gasteiger partial charge in [-0.25, -0.2) is 13.4 Å².